The van der Waals surface area contributed by atoms with Gasteiger partial charge in [-0.3, -0.25) is 9.59 Å². The van der Waals surface area contributed by atoms with Crippen molar-refractivity contribution in [1.29, 1.82) is 0 Å². The summed E-state index contributed by atoms with van der Waals surface area (Å²) in [5.41, 5.74) is 4.54. The molecule has 0 fully saturated rings. The number of amides is 2. The van der Waals surface area contributed by atoms with Gasteiger partial charge in [0, 0.05) is 12.6 Å². The molecule has 2 N–H and O–H groups in total. The van der Waals surface area contributed by atoms with Crippen LogP contribution < -0.4 is 20.2 Å². The Morgan fingerprint density at radius 3 is 2.62 bits per heavy atom. The van der Waals surface area contributed by atoms with Crippen molar-refractivity contribution in [2.45, 2.75) is 20.0 Å². The first kappa shape index (κ1) is 17.5. The van der Waals surface area contributed by atoms with Gasteiger partial charge < -0.3 is 14.8 Å². The highest BCUT2D eigenvalue weighted by molar-refractivity contribution is 6.01. The molecule has 7 heteroatoms. The molecule has 26 heavy (non-hydrogen) atoms. The van der Waals surface area contributed by atoms with E-state index in [0.717, 1.165) is 5.56 Å². The molecular formula is C19H19N3O4. The highest BCUT2D eigenvalue weighted by Gasteiger charge is 2.27. The van der Waals surface area contributed by atoms with E-state index in [1.165, 1.54) is 6.92 Å². The topological polar surface area (TPSA) is 89.0 Å². The molecule has 1 aliphatic heterocycles. The third kappa shape index (κ3) is 4.18. The fourth-order valence-corrected chi connectivity index (χ4v) is 2.45. The summed E-state index contributed by atoms with van der Waals surface area (Å²) in [6, 6.07) is 14.4. The minimum Gasteiger partial charge on any atom is -0.485 e. The lowest BCUT2D eigenvalue weighted by molar-refractivity contribution is -0.130. The van der Waals surface area contributed by atoms with Crippen molar-refractivity contribution < 1.29 is 19.1 Å². The van der Waals surface area contributed by atoms with Crippen LogP contribution in [0.3, 0.4) is 0 Å². The van der Waals surface area contributed by atoms with Crippen LogP contribution in [0.1, 0.15) is 19.4 Å². The first-order valence-electron chi connectivity index (χ1n) is 8.13. The molecule has 0 saturated heterocycles. The van der Waals surface area contributed by atoms with Crippen LogP contribution >= 0.6 is 0 Å². The van der Waals surface area contributed by atoms with E-state index in [1.54, 1.807) is 37.3 Å². The van der Waals surface area contributed by atoms with Gasteiger partial charge in [0.15, 0.2) is 11.5 Å². The predicted molar refractivity (Wildman–Crippen MR) is 97.5 cm³/mol. The second-order valence-corrected chi connectivity index (χ2v) is 5.80. The summed E-state index contributed by atoms with van der Waals surface area (Å²) < 4.78 is 11.2. The number of carbonyl (C=O) groups is 2. The average molecular weight is 353 g/mol. The van der Waals surface area contributed by atoms with E-state index in [2.05, 4.69) is 15.8 Å². The second-order valence-electron chi connectivity index (χ2n) is 5.80. The van der Waals surface area contributed by atoms with Gasteiger partial charge in [-0.1, -0.05) is 24.3 Å². The Labute approximate surface area is 151 Å². The predicted octanol–water partition coefficient (Wildman–Crippen LogP) is 2.33. The fraction of sp³-hybridized carbons (Fsp3) is 0.211. The van der Waals surface area contributed by atoms with Gasteiger partial charge in [-0.2, -0.15) is 5.10 Å². The van der Waals surface area contributed by atoms with Crippen LogP contribution in [0.15, 0.2) is 53.6 Å². The molecule has 1 aliphatic rings. The molecule has 2 aromatic rings. The molecule has 7 nitrogen and oxygen atoms in total. The summed E-state index contributed by atoms with van der Waals surface area (Å²) in [7, 11) is 0. The molecule has 0 aliphatic carbocycles. The first-order valence-corrected chi connectivity index (χ1v) is 8.13. The molecule has 1 atom stereocenters. The number of nitrogens with one attached hydrogen (secondary N) is 2. The van der Waals surface area contributed by atoms with Crippen LogP contribution in [0.4, 0.5) is 5.69 Å². The minimum atomic E-state index is -0.771. The lowest BCUT2D eigenvalue weighted by Crippen LogP contribution is -2.42. The van der Waals surface area contributed by atoms with Crippen molar-refractivity contribution in [3.63, 3.8) is 0 Å². The summed E-state index contributed by atoms with van der Waals surface area (Å²) in [6.07, 6.45) is -0.771. The Balaban J connectivity index is 1.64. The monoisotopic (exact) mass is 353 g/mol. The smallest absolute Gasteiger partial charge is 0.284 e. The lowest BCUT2D eigenvalue weighted by atomic mass is 10.1. The number of nitrogens with zero attached hydrogens (tertiary/aromatic N) is 1. The van der Waals surface area contributed by atoms with Crippen molar-refractivity contribution in [2.24, 2.45) is 5.10 Å². The Hall–Kier alpha value is -3.35. The zero-order chi connectivity index (χ0) is 18.5. The van der Waals surface area contributed by atoms with Crippen molar-refractivity contribution in [2.75, 3.05) is 11.9 Å². The SMILES string of the molecule is CC(=O)Nc1cccc(C(C)=NNC(=O)C2COc3ccccc3O2)c1. The first-order chi connectivity index (χ1) is 12.5. The summed E-state index contributed by atoms with van der Waals surface area (Å²) in [5.74, 6) is 0.602. The Morgan fingerprint density at radius 1 is 1.08 bits per heavy atom. The van der Waals surface area contributed by atoms with Crippen LogP contribution in [-0.4, -0.2) is 30.2 Å². The maximum absolute atomic E-state index is 12.3. The van der Waals surface area contributed by atoms with Crippen LogP contribution in [0, 0.1) is 0 Å². The van der Waals surface area contributed by atoms with Gasteiger partial charge in [-0.25, -0.2) is 5.43 Å². The Morgan fingerprint density at radius 2 is 1.85 bits per heavy atom. The van der Waals surface area contributed by atoms with Gasteiger partial charge in [-0.05, 0) is 36.8 Å². The molecule has 1 heterocycles. The molecule has 2 amide bonds. The quantitative estimate of drug-likeness (QED) is 0.652. The summed E-state index contributed by atoms with van der Waals surface area (Å²) >= 11 is 0. The zero-order valence-electron chi connectivity index (χ0n) is 14.5. The van der Waals surface area contributed by atoms with Crippen LogP contribution in [-0.2, 0) is 9.59 Å². The maximum atomic E-state index is 12.3. The third-order valence-electron chi connectivity index (χ3n) is 3.74. The number of para-hydroxylation sites is 2. The maximum Gasteiger partial charge on any atom is 0.284 e. The van der Waals surface area contributed by atoms with E-state index in [9.17, 15) is 9.59 Å². The highest BCUT2D eigenvalue weighted by Crippen LogP contribution is 2.30. The van der Waals surface area contributed by atoms with Crippen LogP contribution in [0.5, 0.6) is 11.5 Å². The van der Waals surface area contributed by atoms with E-state index >= 15 is 0 Å². The molecule has 0 spiro atoms. The molecule has 2 aromatic carbocycles. The molecule has 0 aromatic heterocycles. The Kier molecular flexibility index (Phi) is 5.17. The van der Waals surface area contributed by atoms with Gasteiger partial charge in [0.2, 0.25) is 12.0 Å². The van der Waals surface area contributed by atoms with Crippen LogP contribution in [0.2, 0.25) is 0 Å². The van der Waals surface area contributed by atoms with Crippen molar-refractivity contribution >= 4 is 23.2 Å². The molecule has 0 bridgehead atoms. The minimum absolute atomic E-state index is 0.120. The average Bonchev–Trinajstić information content (AvgIpc) is 2.65. The van der Waals surface area contributed by atoms with Crippen molar-refractivity contribution in [3.05, 3.63) is 54.1 Å². The number of hydrazone groups is 1. The molecule has 0 radical (unpaired) electrons. The summed E-state index contributed by atoms with van der Waals surface area (Å²) in [6.45, 7) is 3.33. The van der Waals surface area contributed by atoms with Crippen LogP contribution in [0.25, 0.3) is 0 Å². The number of benzene rings is 2. The summed E-state index contributed by atoms with van der Waals surface area (Å²) in [5, 5.41) is 6.82. The number of rotatable bonds is 4. The zero-order valence-corrected chi connectivity index (χ0v) is 14.5. The standard InChI is InChI=1S/C19H19N3O4/c1-12(14-6-5-7-15(10-14)20-13(2)23)21-22-19(24)18-11-25-16-8-3-4-9-17(16)26-18/h3-10,18H,11H2,1-2H3,(H,20,23)(H,22,24). The lowest BCUT2D eigenvalue weighted by Gasteiger charge is -2.24. The van der Waals surface area contributed by atoms with E-state index in [1.807, 2.05) is 18.2 Å². The van der Waals surface area contributed by atoms with Gasteiger partial charge in [0.1, 0.15) is 6.61 Å². The van der Waals surface area contributed by atoms with Gasteiger partial charge >= 0.3 is 0 Å². The number of carbonyl (C=O) groups excluding carboxylic acids is 2. The van der Waals surface area contributed by atoms with Gasteiger partial charge in [-0.15, -0.1) is 0 Å². The number of hydrogen-bond acceptors (Lipinski definition) is 5. The molecule has 3 rings (SSSR count). The fourth-order valence-electron chi connectivity index (χ4n) is 2.45. The number of ether oxygens (including phenoxy) is 2. The summed E-state index contributed by atoms with van der Waals surface area (Å²) in [4.78, 5) is 23.4. The van der Waals surface area contributed by atoms with Crippen molar-refractivity contribution in [3.8, 4) is 11.5 Å². The largest absolute Gasteiger partial charge is 0.485 e. The Bertz CT molecular complexity index is 863. The van der Waals surface area contributed by atoms with Gasteiger partial charge in [0.25, 0.3) is 5.91 Å². The van der Waals surface area contributed by atoms with Gasteiger partial charge in [0.05, 0.1) is 5.71 Å². The number of anilines is 1. The normalized spacial score (nSPS) is 15.9. The van der Waals surface area contributed by atoms with Crippen molar-refractivity contribution in [1.82, 2.24) is 5.43 Å². The third-order valence-corrected chi connectivity index (χ3v) is 3.74. The second kappa shape index (κ2) is 7.69. The van der Waals surface area contributed by atoms with E-state index in [4.69, 9.17) is 9.47 Å². The molecule has 1 unspecified atom stereocenters. The molecule has 134 valence electrons. The van der Waals surface area contributed by atoms with E-state index < -0.39 is 12.0 Å². The van der Waals surface area contributed by atoms with E-state index in [-0.39, 0.29) is 12.5 Å². The molecular weight excluding hydrogens is 334 g/mol. The number of hydrogen-bond donors (Lipinski definition) is 2. The highest BCUT2D eigenvalue weighted by atomic mass is 16.6. The molecule has 0 saturated carbocycles. The number of fused-ring (bicyclic) bond motifs is 1. The van der Waals surface area contributed by atoms with E-state index in [0.29, 0.717) is 22.9 Å².